The van der Waals surface area contributed by atoms with E-state index in [1.54, 1.807) is 9.80 Å². The third-order valence-corrected chi connectivity index (χ3v) is 5.85. The molecule has 2 saturated heterocycles. The summed E-state index contributed by atoms with van der Waals surface area (Å²) >= 11 is 0. The predicted octanol–water partition coefficient (Wildman–Crippen LogP) is 0.775. The van der Waals surface area contributed by atoms with E-state index >= 15 is 0 Å². The summed E-state index contributed by atoms with van der Waals surface area (Å²) < 4.78 is 0. The molecule has 2 fully saturated rings. The number of nitrogens with zero attached hydrogens (tertiary/aromatic N) is 1. The maximum absolute atomic E-state index is 12.4. The molecule has 0 bridgehead atoms. The largest absolute Gasteiger partial charge is 0.333 e. The number of amides is 3. The maximum Gasteiger partial charge on any atom is 0.315 e. The first-order valence-electron chi connectivity index (χ1n) is 9.74. The molecule has 6 nitrogen and oxygen atoms in total. The number of nitrogens with one attached hydrogen (secondary N) is 3. The first-order valence-corrected chi connectivity index (χ1v) is 9.74. The van der Waals surface area contributed by atoms with E-state index in [4.69, 9.17) is 0 Å². The van der Waals surface area contributed by atoms with Crippen LogP contribution in [0.4, 0.5) is 10.5 Å². The molecule has 0 saturated carbocycles. The van der Waals surface area contributed by atoms with Crippen LogP contribution in [0, 0.1) is 13.8 Å². The summed E-state index contributed by atoms with van der Waals surface area (Å²) in [5.74, 6) is 0.0657. The van der Waals surface area contributed by atoms with Crippen molar-refractivity contribution in [1.82, 2.24) is 10.6 Å². The topological polar surface area (TPSA) is 65.9 Å². The minimum absolute atomic E-state index is 0.0657. The summed E-state index contributed by atoms with van der Waals surface area (Å²) in [5.41, 5.74) is 3.30. The van der Waals surface area contributed by atoms with E-state index < -0.39 is 0 Å². The van der Waals surface area contributed by atoms with E-state index in [0.717, 1.165) is 12.2 Å². The van der Waals surface area contributed by atoms with Gasteiger partial charge in [-0.3, -0.25) is 4.79 Å². The van der Waals surface area contributed by atoms with Crippen LogP contribution in [0.25, 0.3) is 0 Å². The van der Waals surface area contributed by atoms with Crippen LogP contribution in [0.1, 0.15) is 37.3 Å². The average molecular weight is 359 g/mol. The number of hydrogen-bond donors (Lipinski definition) is 3. The van der Waals surface area contributed by atoms with Crippen LogP contribution < -0.4 is 20.4 Å². The lowest BCUT2D eigenvalue weighted by atomic mass is 10.1. The zero-order chi connectivity index (χ0) is 18.7. The normalized spacial score (nSPS) is 25.6. The third-order valence-electron chi connectivity index (χ3n) is 5.85. The number of hydrogen-bond acceptors (Lipinski definition) is 2. The molecule has 0 spiro atoms. The van der Waals surface area contributed by atoms with E-state index in [0.29, 0.717) is 25.6 Å². The number of urea groups is 1. The summed E-state index contributed by atoms with van der Waals surface area (Å²) in [5, 5.41) is 5.97. The second kappa shape index (κ2) is 8.08. The van der Waals surface area contributed by atoms with Crippen LogP contribution in [0.3, 0.4) is 0 Å². The summed E-state index contributed by atoms with van der Waals surface area (Å²) in [6, 6.07) is 6.27. The van der Waals surface area contributed by atoms with E-state index in [1.807, 2.05) is 25.1 Å². The first kappa shape index (κ1) is 18.7. The molecule has 0 aliphatic carbocycles. The number of likely N-dealkylation sites (tertiary alicyclic amines) is 1. The van der Waals surface area contributed by atoms with E-state index in [2.05, 4.69) is 24.5 Å². The summed E-state index contributed by atoms with van der Waals surface area (Å²) in [4.78, 5) is 27.9. The highest BCUT2D eigenvalue weighted by Crippen LogP contribution is 2.24. The molecule has 1 aromatic rings. The van der Waals surface area contributed by atoms with Crippen molar-refractivity contribution in [2.75, 3.05) is 31.1 Å². The molecule has 0 aromatic heterocycles. The van der Waals surface area contributed by atoms with Gasteiger partial charge in [0.2, 0.25) is 5.91 Å². The Balaban J connectivity index is 1.50. The van der Waals surface area contributed by atoms with Gasteiger partial charge in [0.05, 0.1) is 25.7 Å². The Morgan fingerprint density at radius 3 is 2.85 bits per heavy atom. The molecule has 3 N–H and O–H groups in total. The fraction of sp³-hybridized carbons (Fsp3) is 0.600. The van der Waals surface area contributed by atoms with Crippen molar-refractivity contribution >= 4 is 17.6 Å². The molecule has 6 heteroatoms. The van der Waals surface area contributed by atoms with Crippen molar-refractivity contribution in [2.45, 2.75) is 52.1 Å². The molecule has 3 rings (SSSR count). The highest BCUT2D eigenvalue weighted by atomic mass is 16.2. The summed E-state index contributed by atoms with van der Waals surface area (Å²) in [6.07, 6.45) is 2.77. The van der Waals surface area contributed by atoms with Gasteiger partial charge >= 0.3 is 6.03 Å². The number of anilines is 1. The Morgan fingerprint density at radius 1 is 1.31 bits per heavy atom. The molecule has 2 aliphatic rings. The van der Waals surface area contributed by atoms with Gasteiger partial charge in [-0.1, -0.05) is 6.07 Å². The van der Waals surface area contributed by atoms with Crippen molar-refractivity contribution in [1.29, 1.82) is 0 Å². The van der Waals surface area contributed by atoms with E-state index in [9.17, 15) is 9.59 Å². The van der Waals surface area contributed by atoms with Crippen molar-refractivity contribution in [3.05, 3.63) is 29.3 Å². The van der Waals surface area contributed by atoms with Gasteiger partial charge in [0.25, 0.3) is 0 Å². The van der Waals surface area contributed by atoms with Crippen LogP contribution in [-0.4, -0.2) is 50.2 Å². The van der Waals surface area contributed by atoms with Crippen LogP contribution in [0.15, 0.2) is 18.2 Å². The lowest BCUT2D eigenvalue weighted by Gasteiger charge is -2.21. The molecule has 1 unspecified atom stereocenters. The van der Waals surface area contributed by atoms with Crippen molar-refractivity contribution in [3.63, 3.8) is 0 Å². The molecule has 0 radical (unpaired) electrons. The number of carbonyl (C=O) groups excluding carboxylic acids is 2. The Hall–Kier alpha value is -2.08. The Kier molecular flexibility index (Phi) is 5.81. The molecular weight excluding hydrogens is 328 g/mol. The predicted molar refractivity (Wildman–Crippen MR) is 103 cm³/mol. The van der Waals surface area contributed by atoms with Crippen LogP contribution >= 0.6 is 0 Å². The highest BCUT2D eigenvalue weighted by molar-refractivity contribution is 5.96. The standard InChI is InChI=1S/C20H30N4O2/c1-4-23-9-5-6-18(23)12-21-20(26)22-16-11-19(25)24(13-16)17-8-7-14(2)15(3)10-17/h7-8,10,16,18H,4-6,9,11-13H2,1-3H3,(H2,21,22,26)/p+1/t16-,18+/m1/s1. The van der Waals surface area contributed by atoms with Gasteiger partial charge in [-0.25, -0.2) is 4.79 Å². The van der Waals surface area contributed by atoms with Gasteiger partial charge in [-0.05, 0) is 44.0 Å². The average Bonchev–Trinajstić information content (AvgIpc) is 3.21. The second-order valence-corrected chi connectivity index (χ2v) is 7.63. The molecule has 3 atom stereocenters. The van der Waals surface area contributed by atoms with Gasteiger partial charge in [-0.15, -0.1) is 0 Å². The fourth-order valence-electron chi connectivity index (χ4n) is 4.10. The minimum atomic E-state index is -0.160. The minimum Gasteiger partial charge on any atom is -0.333 e. The summed E-state index contributed by atoms with van der Waals surface area (Å²) in [7, 11) is 0. The van der Waals surface area contributed by atoms with E-state index in [-0.39, 0.29) is 18.0 Å². The van der Waals surface area contributed by atoms with Crippen LogP contribution in [0.5, 0.6) is 0 Å². The molecule has 2 heterocycles. The number of benzene rings is 1. The maximum atomic E-state index is 12.4. The van der Waals surface area contributed by atoms with E-state index in [1.165, 1.54) is 30.5 Å². The Bertz CT molecular complexity index is 676. The van der Waals surface area contributed by atoms with Gasteiger partial charge in [0.1, 0.15) is 6.04 Å². The van der Waals surface area contributed by atoms with Gasteiger partial charge in [0, 0.05) is 31.5 Å². The molecular formula is C20H31N4O2+. The second-order valence-electron chi connectivity index (χ2n) is 7.63. The van der Waals surface area contributed by atoms with Gasteiger partial charge in [0.15, 0.2) is 0 Å². The Labute approximate surface area is 155 Å². The quantitative estimate of drug-likeness (QED) is 0.727. The zero-order valence-corrected chi connectivity index (χ0v) is 16.1. The van der Waals surface area contributed by atoms with Crippen molar-refractivity contribution in [3.8, 4) is 0 Å². The lowest BCUT2D eigenvalue weighted by Crippen LogP contribution is -3.14. The SMILES string of the molecule is CC[NH+]1CCC[C@H]1CNC(=O)N[C@@H]1CC(=O)N(c2ccc(C)c(C)c2)C1. The van der Waals surface area contributed by atoms with Crippen molar-refractivity contribution < 1.29 is 14.5 Å². The number of rotatable bonds is 5. The van der Waals surface area contributed by atoms with Crippen LogP contribution in [0.2, 0.25) is 0 Å². The number of carbonyl (C=O) groups is 2. The summed E-state index contributed by atoms with van der Waals surface area (Å²) in [6.45, 7) is 9.85. The molecule has 3 amide bonds. The van der Waals surface area contributed by atoms with Crippen LogP contribution in [-0.2, 0) is 4.79 Å². The molecule has 2 aliphatic heterocycles. The number of aryl methyl sites for hydroxylation is 2. The highest BCUT2D eigenvalue weighted by Gasteiger charge is 2.32. The number of likely N-dealkylation sites (N-methyl/N-ethyl adjacent to an activating group) is 1. The smallest absolute Gasteiger partial charge is 0.315 e. The lowest BCUT2D eigenvalue weighted by molar-refractivity contribution is -0.909. The van der Waals surface area contributed by atoms with Gasteiger partial charge in [-0.2, -0.15) is 0 Å². The van der Waals surface area contributed by atoms with Gasteiger partial charge < -0.3 is 20.4 Å². The van der Waals surface area contributed by atoms with Crippen molar-refractivity contribution in [2.24, 2.45) is 0 Å². The Morgan fingerprint density at radius 2 is 2.12 bits per heavy atom. The first-order chi connectivity index (χ1) is 12.5. The fourth-order valence-corrected chi connectivity index (χ4v) is 4.10. The third kappa shape index (κ3) is 4.18. The number of quaternary nitrogens is 1. The molecule has 142 valence electrons. The molecule has 1 aromatic carbocycles. The monoisotopic (exact) mass is 359 g/mol. The molecule has 26 heavy (non-hydrogen) atoms. The zero-order valence-electron chi connectivity index (χ0n) is 16.1.